The van der Waals surface area contributed by atoms with Crippen molar-refractivity contribution in [1.82, 2.24) is 4.90 Å². The minimum Gasteiger partial charge on any atom is -0.495 e. The molecule has 1 saturated heterocycles. The number of para-hydroxylation sites is 2. The van der Waals surface area contributed by atoms with Gasteiger partial charge in [0.15, 0.2) is 16.7 Å². The molecular weight excluding hydrogens is 534 g/mol. The number of rotatable bonds is 8. The Morgan fingerprint density at radius 3 is 2.62 bits per heavy atom. The molecule has 0 aliphatic carbocycles. The fourth-order valence-electron chi connectivity index (χ4n) is 4.18. The van der Waals surface area contributed by atoms with E-state index >= 15 is 0 Å². The second-order valence-electron chi connectivity index (χ2n) is 8.83. The predicted molar refractivity (Wildman–Crippen MR) is 150 cm³/mol. The number of benzene rings is 3. The van der Waals surface area contributed by atoms with Crippen molar-refractivity contribution in [3.63, 3.8) is 0 Å². The Morgan fingerprint density at radius 2 is 1.85 bits per heavy atom. The number of hydrogen-bond acceptors (Lipinski definition) is 9. The molecule has 11 heteroatoms. The van der Waals surface area contributed by atoms with Crippen LogP contribution < -0.4 is 19.5 Å². The van der Waals surface area contributed by atoms with Gasteiger partial charge in [0.1, 0.15) is 11.0 Å². The maximum atomic E-state index is 13.4. The van der Waals surface area contributed by atoms with E-state index in [-0.39, 0.29) is 38.2 Å². The minimum absolute atomic E-state index is 0.0168. The van der Waals surface area contributed by atoms with Crippen molar-refractivity contribution >= 4 is 46.1 Å². The van der Waals surface area contributed by atoms with Gasteiger partial charge in [-0.1, -0.05) is 30.0 Å². The van der Waals surface area contributed by atoms with Crippen LogP contribution >= 0.6 is 11.8 Å². The number of amides is 2. The number of aliphatic imine (C=N–C) groups is 1. The number of amidine groups is 1. The fourth-order valence-corrected chi connectivity index (χ4v) is 5.27. The molecule has 0 spiro atoms. The first-order chi connectivity index (χ1) is 19.4. The first-order valence-electron chi connectivity index (χ1n) is 12.6. The molecule has 1 atom stereocenters. The molecular formula is C29H27N3O7S. The quantitative estimate of drug-likeness (QED) is 0.392. The van der Waals surface area contributed by atoms with E-state index in [4.69, 9.17) is 23.9 Å². The largest absolute Gasteiger partial charge is 0.495 e. The van der Waals surface area contributed by atoms with Crippen molar-refractivity contribution in [2.24, 2.45) is 4.99 Å². The summed E-state index contributed by atoms with van der Waals surface area (Å²) in [5, 5.41) is 2.51. The summed E-state index contributed by atoms with van der Waals surface area (Å²) in [5.74, 6) is 0.752. The Kier molecular flexibility index (Phi) is 8.20. The van der Waals surface area contributed by atoms with Crippen molar-refractivity contribution in [2.75, 3.05) is 25.8 Å². The molecule has 3 aromatic rings. The Morgan fingerprint density at radius 1 is 1.07 bits per heavy atom. The lowest BCUT2D eigenvalue weighted by molar-refractivity contribution is -0.129. The van der Waals surface area contributed by atoms with E-state index in [2.05, 4.69) is 5.32 Å². The van der Waals surface area contributed by atoms with Crippen LogP contribution in [0.1, 0.15) is 29.3 Å². The number of anilines is 1. The molecule has 10 nitrogen and oxygen atoms in total. The van der Waals surface area contributed by atoms with Crippen molar-refractivity contribution in [3.05, 3.63) is 77.9 Å². The number of thioether (sulfide) groups is 1. The SMILES string of the molecule is CCOC(=O)c1ccc(N=C2SC(C(=O)Nc3ccccc3OC)CC(=O)N2Cc2ccc3c(c2)OCO3)cc1. The maximum absolute atomic E-state index is 13.4. The number of hydrogen-bond donors (Lipinski definition) is 1. The van der Waals surface area contributed by atoms with Crippen molar-refractivity contribution in [1.29, 1.82) is 0 Å². The lowest BCUT2D eigenvalue weighted by Gasteiger charge is -2.32. The van der Waals surface area contributed by atoms with Crippen molar-refractivity contribution < 1.29 is 33.3 Å². The Bertz CT molecular complexity index is 1460. The van der Waals surface area contributed by atoms with Gasteiger partial charge in [-0.2, -0.15) is 0 Å². The van der Waals surface area contributed by atoms with Gasteiger partial charge in [0.2, 0.25) is 18.6 Å². The van der Waals surface area contributed by atoms with Gasteiger partial charge in [0.05, 0.1) is 37.2 Å². The molecule has 5 rings (SSSR count). The zero-order valence-corrected chi connectivity index (χ0v) is 22.7. The molecule has 1 unspecified atom stereocenters. The molecule has 0 saturated carbocycles. The molecule has 0 bridgehead atoms. The van der Waals surface area contributed by atoms with Crippen LogP contribution in [0.3, 0.4) is 0 Å². The van der Waals surface area contributed by atoms with Gasteiger partial charge in [0, 0.05) is 6.42 Å². The highest BCUT2D eigenvalue weighted by Crippen LogP contribution is 2.35. The smallest absolute Gasteiger partial charge is 0.338 e. The van der Waals surface area contributed by atoms with E-state index in [0.717, 1.165) is 5.56 Å². The Balaban J connectivity index is 1.41. The van der Waals surface area contributed by atoms with E-state index in [1.165, 1.54) is 18.9 Å². The van der Waals surface area contributed by atoms with Crippen LogP contribution in [0.5, 0.6) is 17.2 Å². The number of ether oxygens (including phenoxy) is 4. The van der Waals surface area contributed by atoms with E-state index in [1.54, 1.807) is 66.4 Å². The van der Waals surface area contributed by atoms with E-state index in [1.807, 2.05) is 12.1 Å². The van der Waals surface area contributed by atoms with Crippen LogP contribution in [0.25, 0.3) is 0 Å². The first kappa shape index (κ1) is 27.1. The molecule has 2 aliphatic heterocycles. The van der Waals surface area contributed by atoms with Crippen LogP contribution in [0.15, 0.2) is 71.7 Å². The third-order valence-corrected chi connectivity index (χ3v) is 7.37. The first-order valence-corrected chi connectivity index (χ1v) is 13.5. The second kappa shape index (κ2) is 12.1. The molecule has 40 heavy (non-hydrogen) atoms. The van der Waals surface area contributed by atoms with Crippen LogP contribution in [-0.4, -0.2) is 53.6 Å². The summed E-state index contributed by atoms with van der Waals surface area (Å²) in [6, 6.07) is 19.1. The van der Waals surface area contributed by atoms with E-state index in [0.29, 0.717) is 39.4 Å². The number of carbonyl (C=O) groups excluding carboxylic acids is 3. The number of nitrogens with zero attached hydrogens (tertiary/aromatic N) is 2. The van der Waals surface area contributed by atoms with Crippen molar-refractivity contribution in [3.8, 4) is 17.2 Å². The molecule has 2 aliphatic rings. The van der Waals surface area contributed by atoms with E-state index < -0.39 is 11.2 Å². The van der Waals surface area contributed by atoms with Gasteiger partial charge in [-0.15, -0.1) is 0 Å². The zero-order chi connectivity index (χ0) is 28.1. The molecule has 2 amide bonds. The Labute approximate surface area is 235 Å². The zero-order valence-electron chi connectivity index (χ0n) is 21.9. The fraction of sp³-hybridized carbons (Fsp3) is 0.241. The van der Waals surface area contributed by atoms with Crippen LogP contribution in [0, 0.1) is 0 Å². The van der Waals surface area contributed by atoms with Crippen molar-refractivity contribution in [2.45, 2.75) is 25.1 Å². The average molecular weight is 562 g/mol. The van der Waals surface area contributed by atoms with Gasteiger partial charge in [0.25, 0.3) is 0 Å². The Hall–Kier alpha value is -4.51. The number of nitrogens with one attached hydrogen (secondary N) is 1. The normalized spacial score (nSPS) is 17.1. The van der Waals surface area contributed by atoms with Gasteiger partial charge >= 0.3 is 5.97 Å². The predicted octanol–water partition coefficient (Wildman–Crippen LogP) is 4.76. The molecule has 1 fully saturated rings. The number of methoxy groups -OCH3 is 1. The molecule has 2 heterocycles. The third kappa shape index (κ3) is 6.04. The summed E-state index contributed by atoms with van der Waals surface area (Å²) in [4.78, 5) is 45.0. The number of fused-ring (bicyclic) bond motifs is 1. The molecule has 3 aromatic carbocycles. The number of esters is 1. The van der Waals surface area contributed by atoms with Crippen LogP contribution in [0.2, 0.25) is 0 Å². The summed E-state index contributed by atoms with van der Waals surface area (Å²) in [5.41, 5.74) is 2.24. The highest BCUT2D eigenvalue weighted by molar-refractivity contribution is 8.15. The standard InChI is InChI=1S/C29H27N3O7S/c1-3-37-28(35)19-9-11-20(12-10-19)30-29-32(16-18-8-13-23-24(14-18)39-17-38-23)26(33)15-25(40-29)27(34)31-21-6-4-5-7-22(21)36-2/h4-14,25H,3,15-17H2,1-2H3,(H,31,34). The van der Waals surface area contributed by atoms with E-state index in [9.17, 15) is 14.4 Å². The van der Waals surface area contributed by atoms with Crippen LogP contribution in [-0.2, 0) is 20.9 Å². The summed E-state index contributed by atoms with van der Waals surface area (Å²) in [6.07, 6.45) is -0.0168. The second-order valence-corrected chi connectivity index (χ2v) is 10.00. The summed E-state index contributed by atoms with van der Waals surface area (Å²) in [7, 11) is 1.52. The highest BCUT2D eigenvalue weighted by Gasteiger charge is 2.36. The average Bonchev–Trinajstić information content (AvgIpc) is 3.43. The molecule has 0 radical (unpaired) electrons. The number of carbonyl (C=O) groups is 3. The minimum atomic E-state index is -0.719. The maximum Gasteiger partial charge on any atom is 0.338 e. The van der Waals surface area contributed by atoms with Gasteiger partial charge in [-0.05, 0) is 61.0 Å². The lowest BCUT2D eigenvalue weighted by Crippen LogP contribution is -2.44. The monoisotopic (exact) mass is 561 g/mol. The lowest BCUT2D eigenvalue weighted by atomic mass is 10.1. The highest BCUT2D eigenvalue weighted by atomic mass is 32.2. The van der Waals surface area contributed by atoms with Gasteiger partial charge in [-0.25, -0.2) is 9.79 Å². The molecule has 0 aromatic heterocycles. The molecule has 206 valence electrons. The summed E-state index contributed by atoms with van der Waals surface area (Å²) >= 11 is 1.20. The summed E-state index contributed by atoms with van der Waals surface area (Å²) in [6.45, 7) is 2.39. The van der Waals surface area contributed by atoms with Gasteiger partial charge < -0.3 is 24.3 Å². The molecule has 1 N–H and O–H groups in total. The van der Waals surface area contributed by atoms with Crippen LogP contribution in [0.4, 0.5) is 11.4 Å². The topological polar surface area (TPSA) is 116 Å². The third-order valence-electron chi connectivity index (χ3n) is 6.18. The summed E-state index contributed by atoms with van der Waals surface area (Å²) < 4.78 is 21.3. The van der Waals surface area contributed by atoms with Gasteiger partial charge in [-0.3, -0.25) is 14.5 Å².